The fourth-order valence-electron chi connectivity index (χ4n) is 3.05. The molecule has 1 aromatic carbocycles. The smallest absolute Gasteiger partial charge is 0.242 e. The lowest BCUT2D eigenvalue weighted by atomic mass is 9.75. The van der Waals surface area contributed by atoms with E-state index in [-0.39, 0.29) is 23.9 Å². The number of nitrogens with zero attached hydrogens (tertiary/aromatic N) is 2. The molecule has 3 rings (SSSR count). The molecule has 0 radical (unpaired) electrons. The SMILES string of the molecule is Cc1nn(CC(=O)N[C@@H](c2ccc(F)cc2F)C2CC(O)C2)cc1Cl. The van der Waals surface area contributed by atoms with Crippen molar-refractivity contribution in [2.45, 2.75) is 38.5 Å². The van der Waals surface area contributed by atoms with Gasteiger partial charge in [-0.1, -0.05) is 17.7 Å². The maximum atomic E-state index is 14.2. The average Bonchev–Trinajstić information content (AvgIpc) is 2.80. The van der Waals surface area contributed by atoms with Crippen molar-refractivity contribution in [3.05, 3.63) is 52.3 Å². The first-order valence-electron chi connectivity index (χ1n) is 7.95. The number of carbonyl (C=O) groups excluding carboxylic acids is 1. The third-order valence-electron chi connectivity index (χ3n) is 4.43. The summed E-state index contributed by atoms with van der Waals surface area (Å²) in [6.45, 7) is 1.66. The van der Waals surface area contributed by atoms with E-state index in [1.54, 1.807) is 6.92 Å². The second-order valence-corrected chi connectivity index (χ2v) is 6.76. The Morgan fingerprint density at radius 3 is 2.76 bits per heavy atom. The molecule has 1 saturated carbocycles. The molecule has 5 nitrogen and oxygen atoms in total. The number of aryl methyl sites for hydroxylation is 1. The van der Waals surface area contributed by atoms with Crippen molar-refractivity contribution in [2.24, 2.45) is 5.92 Å². The molecule has 1 aromatic heterocycles. The van der Waals surface area contributed by atoms with Gasteiger partial charge in [0.2, 0.25) is 5.91 Å². The highest BCUT2D eigenvalue weighted by Gasteiger charge is 2.36. The highest BCUT2D eigenvalue weighted by molar-refractivity contribution is 6.31. The zero-order chi connectivity index (χ0) is 18.1. The van der Waals surface area contributed by atoms with Crippen LogP contribution < -0.4 is 5.32 Å². The van der Waals surface area contributed by atoms with Crippen LogP contribution in [0.25, 0.3) is 0 Å². The number of carbonyl (C=O) groups is 1. The fraction of sp³-hybridized carbons (Fsp3) is 0.412. The van der Waals surface area contributed by atoms with Crippen molar-refractivity contribution in [3.8, 4) is 0 Å². The van der Waals surface area contributed by atoms with Crippen LogP contribution in [0.3, 0.4) is 0 Å². The summed E-state index contributed by atoms with van der Waals surface area (Å²) < 4.78 is 28.7. The van der Waals surface area contributed by atoms with Gasteiger partial charge in [-0.3, -0.25) is 9.48 Å². The Hall–Kier alpha value is -1.99. The molecule has 0 unspecified atom stereocenters. The lowest BCUT2D eigenvalue weighted by Crippen LogP contribution is -2.42. The normalized spacial score (nSPS) is 20.8. The minimum atomic E-state index is -0.718. The van der Waals surface area contributed by atoms with Crippen LogP contribution in [-0.4, -0.2) is 26.9 Å². The van der Waals surface area contributed by atoms with Crippen LogP contribution in [0, 0.1) is 24.5 Å². The molecule has 25 heavy (non-hydrogen) atoms. The summed E-state index contributed by atoms with van der Waals surface area (Å²) in [5.74, 6) is -1.87. The van der Waals surface area contributed by atoms with Crippen molar-refractivity contribution >= 4 is 17.5 Å². The summed E-state index contributed by atoms with van der Waals surface area (Å²) in [5, 5.41) is 16.9. The van der Waals surface area contributed by atoms with Crippen molar-refractivity contribution in [1.82, 2.24) is 15.1 Å². The zero-order valence-electron chi connectivity index (χ0n) is 13.5. The summed E-state index contributed by atoms with van der Waals surface area (Å²) in [6.07, 6.45) is 1.99. The molecule has 1 fully saturated rings. The van der Waals surface area contributed by atoms with E-state index < -0.39 is 23.8 Å². The van der Waals surface area contributed by atoms with Gasteiger partial charge in [0.15, 0.2) is 0 Å². The van der Waals surface area contributed by atoms with Crippen LogP contribution >= 0.6 is 11.6 Å². The minimum Gasteiger partial charge on any atom is -0.393 e. The molecular formula is C17H18ClF2N3O2. The summed E-state index contributed by atoms with van der Waals surface area (Å²) in [7, 11) is 0. The summed E-state index contributed by atoms with van der Waals surface area (Å²) in [5.41, 5.74) is 0.819. The molecular weight excluding hydrogens is 352 g/mol. The number of aliphatic hydroxyl groups is 1. The predicted octanol–water partition coefficient (Wildman–Crippen LogP) is 2.75. The highest BCUT2D eigenvalue weighted by atomic mass is 35.5. The van der Waals surface area contributed by atoms with E-state index in [4.69, 9.17) is 11.6 Å². The highest BCUT2D eigenvalue weighted by Crippen LogP contribution is 2.39. The second kappa shape index (κ2) is 7.09. The minimum absolute atomic E-state index is 0.0673. The van der Waals surface area contributed by atoms with Gasteiger partial charge in [-0.25, -0.2) is 8.78 Å². The van der Waals surface area contributed by atoms with Gasteiger partial charge in [0.25, 0.3) is 0 Å². The Morgan fingerprint density at radius 1 is 1.48 bits per heavy atom. The van der Waals surface area contributed by atoms with E-state index in [9.17, 15) is 18.7 Å². The molecule has 0 aliphatic heterocycles. The van der Waals surface area contributed by atoms with Crippen LogP contribution in [-0.2, 0) is 11.3 Å². The number of hydrogen-bond acceptors (Lipinski definition) is 3. The quantitative estimate of drug-likeness (QED) is 0.851. The van der Waals surface area contributed by atoms with Crippen LogP contribution in [0.1, 0.15) is 30.1 Å². The first-order chi connectivity index (χ1) is 11.8. The Bertz CT molecular complexity index is 771. The average molecular weight is 370 g/mol. The van der Waals surface area contributed by atoms with E-state index in [1.807, 2.05) is 0 Å². The Morgan fingerprint density at radius 2 is 2.20 bits per heavy atom. The Kier molecular flexibility index (Phi) is 5.06. The number of amides is 1. The maximum Gasteiger partial charge on any atom is 0.242 e. The van der Waals surface area contributed by atoms with Gasteiger partial charge in [0.1, 0.15) is 18.2 Å². The number of aromatic nitrogens is 2. The number of halogens is 3. The molecule has 1 aliphatic carbocycles. The van der Waals surface area contributed by atoms with Crippen molar-refractivity contribution in [1.29, 1.82) is 0 Å². The molecule has 1 atom stereocenters. The molecule has 134 valence electrons. The lowest BCUT2D eigenvalue weighted by molar-refractivity contribution is -0.123. The molecule has 0 saturated heterocycles. The van der Waals surface area contributed by atoms with Crippen molar-refractivity contribution in [3.63, 3.8) is 0 Å². The topological polar surface area (TPSA) is 67.2 Å². The monoisotopic (exact) mass is 369 g/mol. The fourth-order valence-corrected chi connectivity index (χ4v) is 3.20. The van der Waals surface area contributed by atoms with Gasteiger partial charge in [-0.15, -0.1) is 0 Å². The molecule has 1 heterocycles. The van der Waals surface area contributed by atoms with E-state index >= 15 is 0 Å². The number of rotatable bonds is 5. The number of hydrogen-bond donors (Lipinski definition) is 2. The van der Waals surface area contributed by atoms with Gasteiger partial charge >= 0.3 is 0 Å². The zero-order valence-corrected chi connectivity index (χ0v) is 14.3. The maximum absolute atomic E-state index is 14.2. The molecule has 0 bridgehead atoms. The lowest BCUT2D eigenvalue weighted by Gasteiger charge is -2.38. The van der Waals surface area contributed by atoms with Crippen molar-refractivity contribution < 1.29 is 18.7 Å². The molecule has 1 amide bonds. The van der Waals surface area contributed by atoms with Crippen LogP contribution in [0.4, 0.5) is 8.78 Å². The van der Waals surface area contributed by atoms with Gasteiger partial charge in [-0.05, 0) is 31.7 Å². The number of benzene rings is 1. The first kappa shape index (κ1) is 17.8. The van der Waals surface area contributed by atoms with E-state index in [0.717, 1.165) is 12.1 Å². The largest absolute Gasteiger partial charge is 0.393 e. The Balaban J connectivity index is 1.76. The molecule has 0 spiro atoms. The summed E-state index contributed by atoms with van der Waals surface area (Å²) in [6, 6.07) is 2.64. The van der Waals surface area contributed by atoms with Crippen LogP contribution in [0.2, 0.25) is 5.02 Å². The van der Waals surface area contributed by atoms with E-state index in [2.05, 4.69) is 10.4 Å². The van der Waals surface area contributed by atoms with Crippen LogP contribution in [0.15, 0.2) is 24.4 Å². The van der Waals surface area contributed by atoms with Gasteiger partial charge in [-0.2, -0.15) is 5.10 Å². The molecule has 2 N–H and O–H groups in total. The molecule has 8 heteroatoms. The van der Waals surface area contributed by atoms with E-state index in [1.165, 1.54) is 16.9 Å². The van der Waals surface area contributed by atoms with Gasteiger partial charge in [0.05, 0.1) is 22.9 Å². The summed E-state index contributed by atoms with van der Waals surface area (Å²) in [4.78, 5) is 12.3. The third kappa shape index (κ3) is 3.99. The van der Waals surface area contributed by atoms with Crippen molar-refractivity contribution in [2.75, 3.05) is 0 Å². The Labute approximate surface area is 148 Å². The first-order valence-corrected chi connectivity index (χ1v) is 8.33. The van der Waals surface area contributed by atoms with Crippen LogP contribution in [0.5, 0.6) is 0 Å². The standard InChI is InChI=1S/C17H18ClF2N3O2/c1-9-14(18)7-23(22-9)8-16(25)21-17(10-4-12(24)5-10)13-3-2-11(19)6-15(13)20/h2-3,6-7,10,12,17,24H,4-5,8H2,1H3,(H,21,25)/t10?,12?,17-/m1/s1. The predicted molar refractivity (Wildman–Crippen MR) is 87.9 cm³/mol. The number of nitrogens with one attached hydrogen (secondary N) is 1. The molecule has 2 aromatic rings. The molecule has 1 aliphatic rings. The van der Waals surface area contributed by atoms with Gasteiger partial charge < -0.3 is 10.4 Å². The third-order valence-corrected chi connectivity index (χ3v) is 4.80. The van der Waals surface area contributed by atoms with E-state index in [0.29, 0.717) is 23.6 Å². The van der Waals surface area contributed by atoms with Gasteiger partial charge in [0, 0.05) is 17.8 Å². The summed E-state index contributed by atoms with van der Waals surface area (Å²) >= 11 is 5.92. The number of aliphatic hydroxyl groups excluding tert-OH is 1. The second-order valence-electron chi connectivity index (χ2n) is 6.36.